The molecule has 78 valence electrons. The van der Waals surface area contributed by atoms with Crippen molar-refractivity contribution in [2.24, 2.45) is 5.73 Å². The van der Waals surface area contributed by atoms with E-state index in [9.17, 15) is 0 Å². The highest BCUT2D eigenvalue weighted by Gasteiger charge is 2.07. The number of hydrogen-bond donors (Lipinski definition) is 1. The lowest BCUT2D eigenvalue weighted by molar-refractivity contribution is 0.411. The highest BCUT2D eigenvalue weighted by Crippen LogP contribution is 2.28. The Bertz CT molecular complexity index is 301. The summed E-state index contributed by atoms with van der Waals surface area (Å²) in [6.45, 7) is 2.14. The average molecular weight is 258 g/mol. The molecule has 0 saturated heterocycles. The SMILES string of the molecule is CCC[C@@H](N)c1ccc(OC)c(Br)c1. The van der Waals surface area contributed by atoms with Gasteiger partial charge in [0.2, 0.25) is 0 Å². The Balaban J connectivity index is 2.85. The molecule has 14 heavy (non-hydrogen) atoms. The first-order chi connectivity index (χ1) is 6.69. The Morgan fingerprint density at radius 2 is 2.21 bits per heavy atom. The minimum atomic E-state index is 0.127. The number of nitrogens with two attached hydrogens (primary N) is 1. The van der Waals surface area contributed by atoms with Crippen LogP contribution in [0.1, 0.15) is 31.4 Å². The van der Waals surface area contributed by atoms with Gasteiger partial charge in [-0.2, -0.15) is 0 Å². The number of benzene rings is 1. The van der Waals surface area contributed by atoms with Gasteiger partial charge in [0.05, 0.1) is 11.6 Å². The zero-order valence-corrected chi connectivity index (χ0v) is 10.2. The second-order valence-corrected chi connectivity index (χ2v) is 4.14. The second-order valence-electron chi connectivity index (χ2n) is 3.29. The van der Waals surface area contributed by atoms with Gasteiger partial charge < -0.3 is 10.5 Å². The third-order valence-electron chi connectivity index (χ3n) is 2.20. The van der Waals surface area contributed by atoms with Gasteiger partial charge in [-0.3, -0.25) is 0 Å². The van der Waals surface area contributed by atoms with Crippen LogP contribution < -0.4 is 10.5 Å². The van der Waals surface area contributed by atoms with Crippen LogP contribution in [0.4, 0.5) is 0 Å². The van der Waals surface area contributed by atoms with E-state index < -0.39 is 0 Å². The Kier molecular flexibility index (Phi) is 4.42. The largest absolute Gasteiger partial charge is 0.496 e. The topological polar surface area (TPSA) is 35.2 Å². The van der Waals surface area contributed by atoms with Crippen LogP contribution in [0, 0.1) is 0 Å². The van der Waals surface area contributed by atoms with Crippen molar-refractivity contribution < 1.29 is 4.74 Å². The van der Waals surface area contributed by atoms with E-state index in [1.54, 1.807) is 7.11 Å². The molecule has 0 aromatic heterocycles. The molecule has 0 heterocycles. The molecule has 2 nitrogen and oxygen atoms in total. The van der Waals surface area contributed by atoms with Crippen molar-refractivity contribution in [2.45, 2.75) is 25.8 Å². The molecule has 1 aromatic carbocycles. The smallest absolute Gasteiger partial charge is 0.133 e. The van der Waals surface area contributed by atoms with Gasteiger partial charge in [-0.05, 0) is 40.0 Å². The summed E-state index contributed by atoms with van der Waals surface area (Å²) < 4.78 is 6.11. The van der Waals surface area contributed by atoms with E-state index in [0.29, 0.717) is 0 Å². The Hall–Kier alpha value is -0.540. The minimum Gasteiger partial charge on any atom is -0.496 e. The molecule has 0 aliphatic rings. The molecular weight excluding hydrogens is 242 g/mol. The van der Waals surface area contributed by atoms with Crippen LogP contribution in [0.3, 0.4) is 0 Å². The van der Waals surface area contributed by atoms with Crippen molar-refractivity contribution in [2.75, 3.05) is 7.11 Å². The van der Waals surface area contributed by atoms with Gasteiger partial charge in [-0.25, -0.2) is 0 Å². The normalized spacial score (nSPS) is 12.6. The summed E-state index contributed by atoms with van der Waals surface area (Å²) in [6.07, 6.45) is 2.11. The summed E-state index contributed by atoms with van der Waals surface area (Å²) in [4.78, 5) is 0. The molecule has 0 spiro atoms. The van der Waals surface area contributed by atoms with Gasteiger partial charge >= 0.3 is 0 Å². The third kappa shape index (κ3) is 2.72. The first-order valence-corrected chi connectivity index (χ1v) is 5.57. The van der Waals surface area contributed by atoms with Crippen molar-refractivity contribution in [3.63, 3.8) is 0 Å². The molecule has 0 aliphatic carbocycles. The van der Waals surface area contributed by atoms with Crippen LogP contribution in [0.25, 0.3) is 0 Å². The highest BCUT2D eigenvalue weighted by atomic mass is 79.9. The molecule has 0 amide bonds. The molecule has 1 rings (SSSR count). The molecule has 1 atom stereocenters. The van der Waals surface area contributed by atoms with E-state index in [0.717, 1.165) is 28.6 Å². The van der Waals surface area contributed by atoms with Gasteiger partial charge in [0.15, 0.2) is 0 Å². The number of hydrogen-bond acceptors (Lipinski definition) is 2. The molecule has 0 bridgehead atoms. The molecular formula is C11H16BrNO. The van der Waals surface area contributed by atoms with E-state index >= 15 is 0 Å². The van der Waals surface area contributed by atoms with Crippen LogP contribution in [0.5, 0.6) is 5.75 Å². The van der Waals surface area contributed by atoms with Crippen molar-refractivity contribution in [3.8, 4) is 5.75 Å². The summed E-state index contributed by atoms with van der Waals surface area (Å²) in [6, 6.07) is 6.11. The zero-order chi connectivity index (χ0) is 10.6. The summed E-state index contributed by atoms with van der Waals surface area (Å²) in [5.41, 5.74) is 7.16. The maximum absolute atomic E-state index is 6.00. The van der Waals surface area contributed by atoms with E-state index in [1.165, 1.54) is 0 Å². The second kappa shape index (κ2) is 5.37. The summed E-state index contributed by atoms with van der Waals surface area (Å²) in [5, 5.41) is 0. The fourth-order valence-electron chi connectivity index (χ4n) is 1.39. The van der Waals surface area contributed by atoms with Crippen LogP contribution in [0.2, 0.25) is 0 Å². The fourth-order valence-corrected chi connectivity index (χ4v) is 1.95. The average Bonchev–Trinajstić information content (AvgIpc) is 2.18. The number of halogens is 1. The number of methoxy groups -OCH3 is 1. The van der Waals surface area contributed by atoms with Gasteiger partial charge in [-0.1, -0.05) is 19.4 Å². The molecule has 3 heteroatoms. The van der Waals surface area contributed by atoms with Gasteiger partial charge in [0.1, 0.15) is 5.75 Å². The lowest BCUT2D eigenvalue weighted by Crippen LogP contribution is -2.09. The number of rotatable bonds is 4. The van der Waals surface area contributed by atoms with E-state index in [2.05, 4.69) is 22.9 Å². The van der Waals surface area contributed by atoms with Crippen LogP contribution >= 0.6 is 15.9 Å². The van der Waals surface area contributed by atoms with E-state index in [1.807, 2.05) is 18.2 Å². The maximum Gasteiger partial charge on any atom is 0.133 e. The maximum atomic E-state index is 6.00. The summed E-state index contributed by atoms with van der Waals surface area (Å²) >= 11 is 3.45. The van der Waals surface area contributed by atoms with Crippen molar-refractivity contribution in [1.82, 2.24) is 0 Å². The summed E-state index contributed by atoms with van der Waals surface area (Å²) in [5.74, 6) is 0.845. The third-order valence-corrected chi connectivity index (χ3v) is 2.82. The van der Waals surface area contributed by atoms with E-state index in [4.69, 9.17) is 10.5 Å². The Morgan fingerprint density at radius 1 is 1.50 bits per heavy atom. The molecule has 0 radical (unpaired) electrons. The first kappa shape index (κ1) is 11.5. The highest BCUT2D eigenvalue weighted by molar-refractivity contribution is 9.10. The first-order valence-electron chi connectivity index (χ1n) is 4.78. The molecule has 0 fully saturated rings. The molecule has 0 unspecified atom stereocenters. The minimum absolute atomic E-state index is 0.127. The molecule has 2 N–H and O–H groups in total. The van der Waals surface area contributed by atoms with Crippen molar-refractivity contribution in [1.29, 1.82) is 0 Å². The summed E-state index contributed by atoms with van der Waals surface area (Å²) in [7, 11) is 1.66. The quantitative estimate of drug-likeness (QED) is 0.899. The number of ether oxygens (including phenoxy) is 1. The zero-order valence-electron chi connectivity index (χ0n) is 8.59. The molecule has 0 saturated carbocycles. The molecule has 0 aliphatic heterocycles. The van der Waals surface area contributed by atoms with Crippen molar-refractivity contribution >= 4 is 15.9 Å². The molecule has 1 aromatic rings. The Labute approximate surface area is 93.6 Å². The van der Waals surface area contributed by atoms with Gasteiger partial charge in [0, 0.05) is 6.04 Å². The van der Waals surface area contributed by atoms with Gasteiger partial charge in [-0.15, -0.1) is 0 Å². The van der Waals surface area contributed by atoms with Crippen LogP contribution in [-0.2, 0) is 0 Å². The van der Waals surface area contributed by atoms with Gasteiger partial charge in [0.25, 0.3) is 0 Å². The van der Waals surface area contributed by atoms with Crippen LogP contribution in [-0.4, -0.2) is 7.11 Å². The van der Waals surface area contributed by atoms with Crippen LogP contribution in [0.15, 0.2) is 22.7 Å². The predicted molar refractivity (Wildman–Crippen MR) is 62.5 cm³/mol. The Morgan fingerprint density at radius 3 is 2.71 bits per heavy atom. The monoisotopic (exact) mass is 257 g/mol. The lowest BCUT2D eigenvalue weighted by atomic mass is 10.0. The van der Waals surface area contributed by atoms with E-state index in [-0.39, 0.29) is 6.04 Å². The standard InChI is InChI=1S/C11H16BrNO/c1-3-4-10(13)8-5-6-11(14-2)9(12)7-8/h5-7,10H,3-4,13H2,1-2H3/t10-/m1/s1. The fraction of sp³-hybridized carbons (Fsp3) is 0.455. The van der Waals surface area contributed by atoms with Crippen molar-refractivity contribution in [3.05, 3.63) is 28.2 Å². The predicted octanol–water partition coefficient (Wildman–Crippen LogP) is 3.26. The lowest BCUT2D eigenvalue weighted by Gasteiger charge is -2.12.